The molecule has 2 aliphatic heterocycles. The molecule has 0 saturated carbocycles. The molecule has 2 aliphatic rings. The number of ether oxygens (including phenoxy) is 2. The van der Waals surface area contributed by atoms with E-state index in [2.05, 4.69) is 100 Å². The van der Waals surface area contributed by atoms with Gasteiger partial charge >= 0.3 is 0 Å². The van der Waals surface area contributed by atoms with Crippen LogP contribution < -0.4 is 9.47 Å². The molecule has 0 N–H and O–H groups in total. The summed E-state index contributed by atoms with van der Waals surface area (Å²) in [4.78, 5) is 0. The van der Waals surface area contributed by atoms with Crippen LogP contribution in [0.4, 0.5) is 0 Å². The maximum Gasteiger partial charge on any atom is 0.131 e. The van der Waals surface area contributed by atoms with E-state index in [9.17, 15) is 0 Å². The zero-order valence-corrected chi connectivity index (χ0v) is 18.9. The second kappa shape index (κ2) is 6.49. The summed E-state index contributed by atoms with van der Waals surface area (Å²) in [6.45, 7) is 9.10. The van der Waals surface area contributed by atoms with E-state index in [1.54, 1.807) is 0 Å². The number of benzene rings is 4. The average molecular weight is 419 g/mol. The first-order valence-electron chi connectivity index (χ1n) is 11.2. The molecule has 2 heterocycles. The van der Waals surface area contributed by atoms with Crippen molar-refractivity contribution in [3.8, 4) is 34.1 Å². The maximum absolute atomic E-state index is 6.25. The molecule has 2 nitrogen and oxygen atoms in total. The normalized spacial score (nSPS) is 16.5. The Hall–Kier alpha value is -3.52. The fourth-order valence-corrected chi connectivity index (χ4v) is 5.24. The lowest BCUT2D eigenvalue weighted by molar-refractivity contribution is 0.417. The van der Waals surface area contributed by atoms with Gasteiger partial charge in [-0.3, -0.25) is 0 Å². The van der Waals surface area contributed by atoms with Gasteiger partial charge in [0.2, 0.25) is 0 Å². The summed E-state index contributed by atoms with van der Waals surface area (Å²) in [5.41, 5.74) is 7.00. The highest BCUT2D eigenvalue weighted by molar-refractivity contribution is 5.72. The highest BCUT2D eigenvalue weighted by Crippen LogP contribution is 2.51. The van der Waals surface area contributed by atoms with Crippen LogP contribution in [0.15, 0.2) is 84.9 Å². The molecule has 0 bridgehead atoms. The van der Waals surface area contributed by atoms with Crippen LogP contribution in [0, 0.1) is 0 Å². The lowest BCUT2D eigenvalue weighted by Crippen LogP contribution is -2.24. The van der Waals surface area contributed by atoms with E-state index >= 15 is 0 Å². The van der Waals surface area contributed by atoms with E-state index in [0.29, 0.717) is 0 Å². The topological polar surface area (TPSA) is 18.5 Å². The van der Waals surface area contributed by atoms with Crippen LogP contribution in [0.3, 0.4) is 0 Å². The van der Waals surface area contributed by atoms with Gasteiger partial charge in [0, 0.05) is 33.1 Å². The monoisotopic (exact) mass is 418 g/mol. The molecule has 0 amide bonds. The molecular formula is C30H26O2. The first kappa shape index (κ1) is 19.2. The summed E-state index contributed by atoms with van der Waals surface area (Å²) >= 11 is 0. The molecule has 32 heavy (non-hydrogen) atoms. The molecular weight excluding hydrogens is 392 g/mol. The summed E-state index contributed by atoms with van der Waals surface area (Å²) in [6.07, 6.45) is 0. The van der Waals surface area contributed by atoms with Crippen molar-refractivity contribution in [3.63, 3.8) is 0 Å². The van der Waals surface area contributed by atoms with E-state index in [-0.39, 0.29) is 10.8 Å². The Bertz CT molecular complexity index is 1270. The van der Waals surface area contributed by atoms with Gasteiger partial charge in [0.25, 0.3) is 0 Å². The van der Waals surface area contributed by atoms with Crippen LogP contribution in [0.5, 0.6) is 23.0 Å². The highest BCUT2D eigenvalue weighted by atomic mass is 16.5. The number of fused-ring (bicyclic) bond motifs is 4. The van der Waals surface area contributed by atoms with Crippen LogP contribution in [-0.4, -0.2) is 0 Å². The number of hydrogen-bond acceptors (Lipinski definition) is 2. The third-order valence-corrected chi connectivity index (χ3v) is 7.20. The Kier molecular flexibility index (Phi) is 3.89. The van der Waals surface area contributed by atoms with E-state index in [1.165, 1.54) is 33.4 Å². The van der Waals surface area contributed by atoms with Gasteiger partial charge in [-0.05, 0) is 47.5 Å². The summed E-state index contributed by atoms with van der Waals surface area (Å²) in [5, 5.41) is 0. The van der Waals surface area contributed by atoms with Crippen molar-refractivity contribution in [1.29, 1.82) is 0 Å². The number of hydrogen-bond donors (Lipinski definition) is 0. The van der Waals surface area contributed by atoms with E-state index in [4.69, 9.17) is 9.47 Å². The van der Waals surface area contributed by atoms with Gasteiger partial charge in [-0.1, -0.05) is 76.2 Å². The third kappa shape index (κ3) is 2.65. The first-order valence-corrected chi connectivity index (χ1v) is 11.2. The predicted octanol–water partition coefficient (Wildman–Crippen LogP) is 8.22. The van der Waals surface area contributed by atoms with Crippen molar-refractivity contribution in [2.75, 3.05) is 0 Å². The van der Waals surface area contributed by atoms with Gasteiger partial charge in [0.1, 0.15) is 23.0 Å². The molecule has 0 aliphatic carbocycles. The second-order valence-electron chi connectivity index (χ2n) is 9.87. The highest BCUT2D eigenvalue weighted by Gasteiger charge is 2.36. The van der Waals surface area contributed by atoms with Gasteiger partial charge in [0.15, 0.2) is 0 Å². The van der Waals surface area contributed by atoms with Crippen molar-refractivity contribution in [1.82, 2.24) is 0 Å². The summed E-state index contributed by atoms with van der Waals surface area (Å²) in [7, 11) is 0. The van der Waals surface area contributed by atoms with Gasteiger partial charge in [-0.25, -0.2) is 0 Å². The molecule has 0 radical (unpaired) electrons. The van der Waals surface area contributed by atoms with E-state index in [0.717, 1.165) is 23.0 Å². The van der Waals surface area contributed by atoms with Gasteiger partial charge in [-0.15, -0.1) is 0 Å². The first-order chi connectivity index (χ1) is 15.4. The molecule has 2 heteroatoms. The minimum absolute atomic E-state index is 0.129. The van der Waals surface area contributed by atoms with Crippen LogP contribution in [-0.2, 0) is 10.8 Å². The fraction of sp³-hybridized carbons (Fsp3) is 0.200. The number of rotatable bonds is 1. The molecule has 0 spiro atoms. The molecule has 0 saturated heterocycles. The molecule has 158 valence electrons. The van der Waals surface area contributed by atoms with Gasteiger partial charge in [-0.2, -0.15) is 0 Å². The Morgan fingerprint density at radius 2 is 0.812 bits per heavy atom. The van der Waals surface area contributed by atoms with Crippen LogP contribution in [0.2, 0.25) is 0 Å². The Labute approximate surface area is 189 Å². The van der Waals surface area contributed by atoms with Crippen molar-refractivity contribution in [3.05, 3.63) is 107 Å². The molecule has 6 rings (SSSR count). The zero-order valence-electron chi connectivity index (χ0n) is 18.9. The van der Waals surface area contributed by atoms with Crippen LogP contribution >= 0.6 is 0 Å². The number of para-hydroxylation sites is 2. The maximum atomic E-state index is 6.25. The van der Waals surface area contributed by atoms with E-state index < -0.39 is 0 Å². The van der Waals surface area contributed by atoms with Gasteiger partial charge < -0.3 is 9.47 Å². The third-order valence-electron chi connectivity index (χ3n) is 7.20. The second-order valence-corrected chi connectivity index (χ2v) is 9.87. The molecule has 4 aromatic carbocycles. The van der Waals surface area contributed by atoms with Crippen molar-refractivity contribution < 1.29 is 9.47 Å². The summed E-state index contributed by atoms with van der Waals surface area (Å²) in [5.74, 6) is 3.77. The average Bonchev–Trinajstić information content (AvgIpc) is 2.79. The van der Waals surface area contributed by atoms with Crippen molar-refractivity contribution in [2.45, 2.75) is 38.5 Å². The molecule has 0 atom stereocenters. The standard InChI is InChI=1S/C30H26O2/c1-29(2)21-9-5-7-11-25(21)31-27-15-13-19(17-23(27)29)20-14-16-28-24(18-20)30(3,4)22-10-6-8-12-26(22)32-28/h5-18H,1-4H3. The Morgan fingerprint density at radius 3 is 1.25 bits per heavy atom. The molecule has 0 unspecified atom stereocenters. The summed E-state index contributed by atoms with van der Waals surface area (Å²) in [6, 6.07) is 29.8. The van der Waals surface area contributed by atoms with Crippen molar-refractivity contribution >= 4 is 0 Å². The quantitative estimate of drug-likeness (QED) is 0.310. The predicted molar refractivity (Wildman–Crippen MR) is 129 cm³/mol. The smallest absolute Gasteiger partial charge is 0.131 e. The van der Waals surface area contributed by atoms with E-state index in [1.807, 2.05) is 12.1 Å². The fourth-order valence-electron chi connectivity index (χ4n) is 5.24. The Balaban J connectivity index is 1.46. The largest absolute Gasteiger partial charge is 0.457 e. The van der Waals surface area contributed by atoms with Crippen molar-refractivity contribution in [2.24, 2.45) is 0 Å². The zero-order chi connectivity index (χ0) is 22.1. The molecule has 0 fully saturated rings. The SMILES string of the molecule is CC1(C)c2ccccc2Oc2ccc(-c3ccc4c(c3)C(C)(C)c3ccccc3O4)cc21. The lowest BCUT2D eigenvalue weighted by Gasteiger charge is -2.35. The summed E-state index contributed by atoms with van der Waals surface area (Å²) < 4.78 is 12.5. The Morgan fingerprint density at radius 1 is 0.438 bits per heavy atom. The van der Waals surface area contributed by atoms with Crippen LogP contribution in [0.25, 0.3) is 11.1 Å². The minimum Gasteiger partial charge on any atom is -0.457 e. The molecule has 0 aromatic heterocycles. The van der Waals surface area contributed by atoms with Gasteiger partial charge in [0.05, 0.1) is 0 Å². The molecule has 4 aromatic rings. The van der Waals surface area contributed by atoms with Crippen LogP contribution in [0.1, 0.15) is 49.9 Å². The minimum atomic E-state index is -0.129. The lowest BCUT2D eigenvalue weighted by atomic mass is 9.74.